The number of amides is 1. The molecule has 5 heteroatoms. The fourth-order valence-corrected chi connectivity index (χ4v) is 3.62. The van der Waals surface area contributed by atoms with Crippen LogP contribution in [-0.4, -0.2) is 41.4 Å². The molecular weight excluding hydrogens is 332 g/mol. The van der Waals surface area contributed by atoms with Crippen molar-refractivity contribution in [2.75, 3.05) is 25.4 Å². The van der Waals surface area contributed by atoms with Gasteiger partial charge in [-0.15, -0.1) is 11.8 Å². The molecule has 0 saturated carbocycles. The maximum Gasteiger partial charge on any atom is 0.410 e. The van der Waals surface area contributed by atoms with Gasteiger partial charge in [0.15, 0.2) is 0 Å². The van der Waals surface area contributed by atoms with Gasteiger partial charge in [-0.05, 0) is 50.3 Å². The number of ether oxygens (including phenoxy) is 1. The van der Waals surface area contributed by atoms with Crippen molar-refractivity contribution in [1.82, 2.24) is 9.88 Å². The van der Waals surface area contributed by atoms with Crippen LogP contribution >= 0.6 is 11.8 Å². The first kappa shape index (κ1) is 17.6. The molecule has 2 aliphatic rings. The van der Waals surface area contributed by atoms with E-state index in [-0.39, 0.29) is 6.09 Å². The maximum atomic E-state index is 12.1. The van der Waals surface area contributed by atoms with E-state index in [4.69, 9.17) is 4.74 Å². The fraction of sp³-hybridized carbons (Fsp3) is 0.400. The highest BCUT2D eigenvalue weighted by Gasteiger charge is 2.20. The van der Waals surface area contributed by atoms with Gasteiger partial charge in [0.25, 0.3) is 0 Å². The summed E-state index contributed by atoms with van der Waals surface area (Å²) in [5.74, 6) is 7.25. The van der Waals surface area contributed by atoms with Crippen molar-refractivity contribution in [3.63, 3.8) is 0 Å². The highest BCUT2D eigenvalue weighted by atomic mass is 32.2. The summed E-state index contributed by atoms with van der Waals surface area (Å²) >= 11 is 1.78. The van der Waals surface area contributed by atoms with Crippen LogP contribution < -0.4 is 0 Å². The zero-order valence-electron chi connectivity index (χ0n) is 14.5. The number of carbonyl (C=O) groups excluding carboxylic acids is 1. The molecule has 0 N–H and O–H groups in total. The van der Waals surface area contributed by atoms with Crippen LogP contribution in [0.4, 0.5) is 4.79 Å². The van der Waals surface area contributed by atoms with Crippen LogP contribution in [-0.2, 0) is 4.74 Å². The topological polar surface area (TPSA) is 42.4 Å². The number of rotatable bonds is 2. The van der Waals surface area contributed by atoms with Gasteiger partial charge in [0.2, 0.25) is 0 Å². The lowest BCUT2D eigenvalue weighted by atomic mass is 10.0. The average molecular weight is 354 g/mol. The van der Waals surface area contributed by atoms with Gasteiger partial charge in [-0.2, -0.15) is 0 Å². The van der Waals surface area contributed by atoms with E-state index < -0.39 is 0 Å². The van der Waals surface area contributed by atoms with Crippen molar-refractivity contribution in [2.45, 2.75) is 26.2 Å². The van der Waals surface area contributed by atoms with Crippen molar-refractivity contribution in [3.05, 3.63) is 52.2 Å². The molecule has 130 valence electrons. The normalized spacial score (nSPS) is 16.8. The first-order valence-electron chi connectivity index (χ1n) is 8.57. The molecular formula is C20H22N2O2S. The van der Waals surface area contributed by atoms with Crippen LogP contribution in [0.3, 0.4) is 0 Å². The number of allylic oxidation sites excluding steroid dienone is 2. The van der Waals surface area contributed by atoms with Crippen molar-refractivity contribution in [2.24, 2.45) is 0 Å². The monoisotopic (exact) mass is 354 g/mol. The number of carbonyl (C=O) groups is 1. The summed E-state index contributed by atoms with van der Waals surface area (Å²) < 4.78 is 5.39. The first-order chi connectivity index (χ1) is 12.2. The van der Waals surface area contributed by atoms with Crippen LogP contribution in [0.2, 0.25) is 0 Å². The molecule has 4 nitrogen and oxygen atoms in total. The highest BCUT2D eigenvalue weighted by Crippen LogP contribution is 2.25. The molecule has 1 aromatic rings. The minimum Gasteiger partial charge on any atom is -0.444 e. The first-order valence-corrected chi connectivity index (χ1v) is 9.56. The number of aryl methyl sites for hydroxylation is 1. The van der Waals surface area contributed by atoms with E-state index in [2.05, 4.69) is 22.9 Å². The number of aromatic nitrogens is 1. The van der Waals surface area contributed by atoms with Gasteiger partial charge in [-0.3, -0.25) is 0 Å². The molecule has 0 aliphatic carbocycles. The van der Waals surface area contributed by atoms with E-state index in [0.29, 0.717) is 19.7 Å². The number of hydrogen-bond acceptors (Lipinski definition) is 4. The molecule has 0 radical (unpaired) electrons. The molecule has 25 heavy (non-hydrogen) atoms. The predicted octanol–water partition coefficient (Wildman–Crippen LogP) is 3.92. The van der Waals surface area contributed by atoms with E-state index in [9.17, 15) is 4.79 Å². The minimum absolute atomic E-state index is 0.206. The zero-order chi connectivity index (χ0) is 17.5. The number of thioether (sulfide) groups is 1. The molecule has 0 atom stereocenters. The Labute approximate surface area is 153 Å². The minimum atomic E-state index is -0.206. The van der Waals surface area contributed by atoms with Crippen molar-refractivity contribution in [1.29, 1.82) is 0 Å². The molecule has 1 aromatic heterocycles. The van der Waals surface area contributed by atoms with Crippen LogP contribution in [0.25, 0.3) is 0 Å². The lowest BCUT2D eigenvalue weighted by Gasteiger charge is -2.27. The number of nitrogens with zero attached hydrogens (tertiary/aromatic N) is 2. The van der Waals surface area contributed by atoms with Gasteiger partial charge in [-0.1, -0.05) is 23.6 Å². The molecule has 0 aromatic carbocycles. The predicted molar refractivity (Wildman–Crippen MR) is 101 cm³/mol. The van der Waals surface area contributed by atoms with E-state index in [0.717, 1.165) is 36.4 Å². The van der Waals surface area contributed by atoms with E-state index >= 15 is 0 Å². The van der Waals surface area contributed by atoms with Crippen molar-refractivity contribution < 1.29 is 9.53 Å². The van der Waals surface area contributed by atoms with Crippen LogP contribution in [0, 0.1) is 18.8 Å². The van der Waals surface area contributed by atoms with E-state index in [1.54, 1.807) is 16.7 Å². The molecule has 1 amide bonds. The van der Waals surface area contributed by atoms with Gasteiger partial charge in [0.1, 0.15) is 12.3 Å². The van der Waals surface area contributed by atoms with Gasteiger partial charge in [-0.25, -0.2) is 9.78 Å². The van der Waals surface area contributed by atoms with Crippen molar-refractivity contribution in [3.8, 4) is 11.8 Å². The Kier molecular flexibility index (Phi) is 6.19. The Morgan fingerprint density at radius 3 is 2.96 bits per heavy atom. The number of piperidine rings is 1. The second kappa shape index (κ2) is 8.77. The molecule has 2 aliphatic heterocycles. The summed E-state index contributed by atoms with van der Waals surface area (Å²) in [6.07, 6.45) is 6.69. The fourth-order valence-electron chi connectivity index (χ4n) is 2.74. The molecule has 1 saturated heterocycles. The third-order valence-electron chi connectivity index (χ3n) is 4.14. The number of pyridine rings is 1. The Balaban J connectivity index is 1.45. The van der Waals surface area contributed by atoms with Crippen LogP contribution in [0.15, 0.2) is 40.8 Å². The summed E-state index contributed by atoms with van der Waals surface area (Å²) in [6, 6.07) is 5.83. The third kappa shape index (κ3) is 5.40. The second-order valence-electron chi connectivity index (χ2n) is 6.09. The molecule has 0 bridgehead atoms. The lowest BCUT2D eigenvalue weighted by Crippen LogP contribution is -2.36. The van der Waals surface area contributed by atoms with Gasteiger partial charge in [0, 0.05) is 29.4 Å². The molecule has 0 spiro atoms. The summed E-state index contributed by atoms with van der Waals surface area (Å²) in [4.78, 5) is 19.4. The highest BCUT2D eigenvalue weighted by molar-refractivity contribution is 8.03. The smallest absolute Gasteiger partial charge is 0.410 e. The number of hydrogen-bond donors (Lipinski definition) is 0. The zero-order valence-corrected chi connectivity index (χ0v) is 15.3. The standard InChI is InChI=1S/C20H22N2O2S/c1-16-5-2-7-18(21-16)8-3-6-17-10-12-22(13-11-17)20(23)24-15-19-9-4-14-25-19/h2,5-7,9H,4,10-15H2,1H3. The summed E-state index contributed by atoms with van der Waals surface area (Å²) in [5, 5.41) is 0. The molecule has 3 rings (SSSR count). The second-order valence-corrected chi connectivity index (χ2v) is 7.31. The van der Waals surface area contributed by atoms with Gasteiger partial charge < -0.3 is 9.64 Å². The number of likely N-dealkylation sites (tertiary alicyclic amines) is 1. The Morgan fingerprint density at radius 2 is 2.24 bits per heavy atom. The lowest BCUT2D eigenvalue weighted by molar-refractivity contribution is 0.109. The van der Waals surface area contributed by atoms with Crippen molar-refractivity contribution >= 4 is 17.9 Å². The quantitative estimate of drug-likeness (QED) is 0.755. The average Bonchev–Trinajstić information content (AvgIpc) is 3.14. The van der Waals surface area contributed by atoms with Gasteiger partial charge in [0.05, 0.1) is 0 Å². The third-order valence-corrected chi connectivity index (χ3v) is 5.24. The van der Waals surface area contributed by atoms with E-state index in [1.165, 1.54) is 10.5 Å². The maximum absolute atomic E-state index is 12.1. The Hall–Kier alpha value is -2.19. The van der Waals surface area contributed by atoms with E-state index in [1.807, 2.05) is 31.2 Å². The Bertz CT molecular complexity index is 748. The largest absolute Gasteiger partial charge is 0.444 e. The summed E-state index contributed by atoms with van der Waals surface area (Å²) in [5.41, 5.74) is 3.04. The molecule has 0 unspecified atom stereocenters. The molecule has 1 fully saturated rings. The van der Waals surface area contributed by atoms with Crippen LogP contribution in [0.1, 0.15) is 30.7 Å². The Morgan fingerprint density at radius 1 is 1.40 bits per heavy atom. The van der Waals surface area contributed by atoms with Crippen LogP contribution in [0.5, 0.6) is 0 Å². The van der Waals surface area contributed by atoms with Gasteiger partial charge >= 0.3 is 6.09 Å². The summed E-state index contributed by atoms with van der Waals surface area (Å²) in [6.45, 7) is 3.76. The summed E-state index contributed by atoms with van der Waals surface area (Å²) in [7, 11) is 0. The molecule has 3 heterocycles. The SMILES string of the molecule is Cc1cccc(C#CC=C2CCN(C(=O)OCC3=CCCS3)CC2)n1.